The number of aromatic nitrogens is 3. The van der Waals surface area contributed by atoms with E-state index in [9.17, 15) is 0 Å². The van der Waals surface area contributed by atoms with Crippen molar-refractivity contribution in [1.82, 2.24) is 14.4 Å². The minimum absolute atomic E-state index is 0.966. The maximum atomic E-state index is 4.69. The van der Waals surface area contributed by atoms with E-state index in [4.69, 9.17) is 0 Å². The summed E-state index contributed by atoms with van der Waals surface area (Å²) < 4.78 is 2.11. The van der Waals surface area contributed by atoms with Crippen molar-refractivity contribution < 1.29 is 0 Å². The van der Waals surface area contributed by atoms with Crippen LogP contribution in [0.15, 0.2) is 79.3 Å². The molecule has 0 saturated heterocycles. The van der Waals surface area contributed by atoms with Crippen molar-refractivity contribution in [1.29, 1.82) is 0 Å². The van der Waals surface area contributed by atoms with Gasteiger partial charge >= 0.3 is 0 Å². The fourth-order valence-corrected chi connectivity index (χ4v) is 5.85. The van der Waals surface area contributed by atoms with Gasteiger partial charge in [0.2, 0.25) is 0 Å². The minimum atomic E-state index is 0.966. The Hall–Kier alpha value is -3.98. The first-order valence-corrected chi connectivity index (χ1v) is 10.8. The zero-order chi connectivity index (χ0) is 20.1. The molecule has 0 spiro atoms. The molecule has 2 aliphatic rings. The second kappa shape index (κ2) is 5.38. The Morgan fingerprint density at radius 3 is 2.52 bits per heavy atom. The van der Waals surface area contributed by atoms with Crippen LogP contribution in [0.5, 0.6) is 0 Å². The van der Waals surface area contributed by atoms with E-state index in [2.05, 4.69) is 69.0 Å². The van der Waals surface area contributed by atoms with Crippen molar-refractivity contribution in [3.05, 3.63) is 102 Å². The number of pyridine rings is 2. The lowest BCUT2D eigenvalue weighted by Gasteiger charge is -2.10. The smallest absolute Gasteiger partial charge is 0.146 e. The van der Waals surface area contributed by atoms with Crippen molar-refractivity contribution >= 4 is 27.5 Å². The summed E-state index contributed by atoms with van der Waals surface area (Å²) in [5.74, 6) is 0. The molecule has 8 rings (SSSR count). The molecule has 2 aliphatic carbocycles. The Morgan fingerprint density at radius 1 is 0.613 bits per heavy atom. The lowest BCUT2D eigenvalue weighted by atomic mass is 9.95. The third kappa shape index (κ3) is 1.89. The van der Waals surface area contributed by atoms with E-state index in [0.717, 1.165) is 24.1 Å². The Bertz CT molecular complexity index is 1740. The summed E-state index contributed by atoms with van der Waals surface area (Å²) in [6, 6.07) is 22.5. The molecule has 0 saturated carbocycles. The van der Waals surface area contributed by atoms with Crippen LogP contribution in [-0.2, 0) is 12.8 Å². The molecule has 0 radical (unpaired) electrons. The van der Waals surface area contributed by atoms with Gasteiger partial charge < -0.3 is 0 Å². The van der Waals surface area contributed by atoms with Crippen molar-refractivity contribution in [3.63, 3.8) is 0 Å². The monoisotopic (exact) mass is 395 g/mol. The van der Waals surface area contributed by atoms with Crippen molar-refractivity contribution in [2.75, 3.05) is 0 Å². The molecule has 3 aromatic heterocycles. The molecule has 0 bridgehead atoms. The molecule has 6 aromatic rings. The predicted molar refractivity (Wildman–Crippen MR) is 124 cm³/mol. The molecule has 3 heterocycles. The average molecular weight is 395 g/mol. The van der Waals surface area contributed by atoms with Crippen LogP contribution < -0.4 is 0 Å². The highest BCUT2D eigenvalue weighted by Crippen LogP contribution is 2.48. The van der Waals surface area contributed by atoms with Gasteiger partial charge in [0.1, 0.15) is 11.3 Å². The molecule has 0 fully saturated rings. The number of fused-ring (bicyclic) bond motifs is 13. The highest BCUT2D eigenvalue weighted by atomic mass is 15.0. The van der Waals surface area contributed by atoms with E-state index >= 15 is 0 Å². The molecule has 0 atom stereocenters. The molecule has 3 nitrogen and oxygen atoms in total. The molecule has 3 aromatic carbocycles. The van der Waals surface area contributed by atoms with Gasteiger partial charge in [-0.15, -0.1) is 0 Å². The molecule has 3 heteroatoms. The Labute approximate surface area is 178 Å². The molecule has 0 aliphatic heterocycles. The predicted octanol–water partition coefficient (Wildman–Crippen LogP) is 6.18. The largest absolute Gasteiger partial charge is 0.283 e. The topological polar surface area (TPSA) is 30.2 Å². The van der Waals surface area contributed by atoms with Crippen LogP contribution in [0.25, 0.3) is 49.7 Å². The summed E-state index contributed by atoms with van der Waals surface area (Å²) >= 11 is 0. The van der Waals surface area contributed by atoms with Crippen LogP contribution in [0.2, 0.25) is 0 Å². The Kier molecular flexibility index (Phi) is 2.74. The van der Waals surface area contributed by atoms with Gasteiger partial charge in [-0.2, -0.15) is 0 Å². The van der Waals surface area contributed by atoms with Gasteiger partial charge in [0, 0.05) is 29.4 Å². The molecule has 144 valence electrons. The maximum Gasteiger partial charge on any atom is 0.146 e. The third-order valence-corrected chi connectivity index (χ3v) is 7.15. The van der Waals surface area contributed by atoms with Crippen molar-refractivity contribution in [3.8, 4) is 22.3 Å². The number of imidazole rings is 1. The van der Waals surface area contributed by atoms with Gasteiger partial charge in [-0.3, -0.25) is 4.40 Å². The number of hydrogen-bond acceptors (Lipinski definition) is 2. The summed E-state index contributed by atoms with van der Waals surface area (Å²) in [5.41, 5.74) is 13.3. The second-order valence-corrected chi connectivity index (χ2v) is 8.69. The van der Waals surface area contributed by atoms with E-state index < -0.39 is 0 Å². The molecular formula is C28H17N3. The van der Waals surface area contributed by atoms with Crippen LogP contribution in [0.3, 0.4) is 0 Å². The normalized spacial score (nSPS) is 13.5. The zero-order valence-corrected chi connectivity index (χ0v) is 16.8. The van der Waals surface area contributed by atoms with Crippen molar-refractivity contribution in [2.45, 2.75) is 12.8 Å². The lowest BCUT2D eigenvalue weighted by Crippen LogP contribution is -1.94. The third-order valence-electron chi connectivity index (χ3n) is 7.15. The molecule has 0 unspecified atom stereocenters. The number of nitrogens with zero attached hydrogens (tertiary/aromatic N) is 3. The van der Waals surface area contributed by atoms with Gasteiger partial charge in [-0.25, -0.2) is 9.97 Å². The van der Waals surface area contributed by atoms with Gasteiger partial charge in [0.25, 0.3) is 0 Å². The van der Waals surface area contributed by atoms with Gasteiger partial charge in [-0.1, -0.05) is 36.4 Å². The number of hydrogen-bond donors (Lipinski definition) is 0. The summed E-state index contributed by atoms with van der Waals surface area (Å²) in [5, 5.41) is 3.61. The Balaban J connectivity index is 1.47. The van der Waals surface area contributed by atoms with E-state index in [1.807, 2.05) is 24.7 Å². The summed E-state index contributed by atoms with van der Waals surface area (Å²) in [6.45, 7) is 0. The highest BCUT2D eigenvalue weighted by molar-refractivity contribution is 6.13. The Morgan fingerprint density at radius 2 is 1.52 bits per heavy atom. The molecule has 0 amide bonds. The van der Waals surface area contributed by atoms with Crippen molar-refractivity contribution in [2.24, 2.45) is 0 Å². The SMILES string of the molecule is c1ccc2c(c1)Cc1ccc3c(c1-2)Cc1cc2c4cccnc4n4ccnc4c2cc1-3. The first-order chi connectivity index (χ1) is 15.4. The fraction of sp³-hybridized carbons (Fsp3) is 0.0714. The van der Waals surface area contributed by atoms with Gasteiger partial charge in [0.15, 0.2) is 0 Å². The van der Waals surface area contributed by atoms with Gasteiger partial charge in [-0.05, 0) is 87.0 Å². The summed E-state index contributed by atoms with van der Waals surface area (Å²) in [6.07, 6.45) is 7.77. The van der Waals surface area contributed by atoms with Gasteiger partial charge in [0.05, 0.1) is 0 Å². The lowest BCUT2D eigenvalue weighted by molar-refractivity contribution is 1.20. The standard InChI is InChI=1S/C28H17N3/c1-2-5-19-16(4-1)12-17-7-8-20-22-15-25-23(13-18(22)14-24(20)26(17)19)21-6-3-9-29-27(21)31-11-10-30-28(25)31/h1-11,13,15H,12,14H2. The average Bonchev–Trinajstić information content (AvgIpc) is 3.52. The van der Waals surface area contributed by atoms with Crippen LogP contribution >= 0.6 is 0 Å². The van der Waals surface area contributed by atoms with E-state index in [1.54, 1.807) is 0 Å². The molecule has 31 heavy (non-hydrogen) atoms. The van der Waals surface area contributed by atoms with Crippen LogP contribution in [0.1, 0.15) is 22.3 Å². The van der Waals surface area contributed by atoms with Crippen LogP contribution in [0.4, 0.5) is 0 Å². The maximum absolute atomic E-state index is 4.69. The minimum Gasteiger partial charge on any atom is -0.283 e. The van der Waals surface area contributed by atoms with Crippen LogP contribution in [-0.4, -0.2) is 14.4 Å². The zero-order valence-electron chi connectivity index (χ0n) is 16.8. The highest BCUT2D eigenvalue weighted by Gasteiger charge is 2.28. The van der Waals surface area contributed by atoms with E-state index in [0.29, 0.717) is 0 Å². The van der Waals surface area contributed by atoms with E-state index in [-0.39, 0.29) is 0 Å². The summed E-state index contributed by atoms with van der Waals surface area (Å²) in [7, 11) is 0. The molecular weight excluding hydrogens is 378 g/mol. The summed E-state index contributed by atoms with van der Waals surface area (Å²) in [4.78, 5) is 9.35. The number of rotatable bonds is 0. The quantitative estimate of drug-likeness (QED) is 0.287. The first-order valence-electron chi connectivity index (χ1n) is 10.8. The number of benzene rings is 3. The second-order valence-electron chi connectivity index (χ2n) is 8.69. The van der Waals surface area contributed by atoms with E-state index in [1.165, 1.54) is 60.7 Å². The van der Waals surface area contributed by atoms with Crippen LogP contribution in [0, 0.1) is 0 Å². The fourth-order valence-electron chi connectivity index (χ4n) is 5.85. The molecule has 0 N–H and O–H groups in total. The first kappa shape index (κ1) is 15.8.